The SMILES string of the molecule is CCC(CC)(Nc1ncnc2c1CCCC2)C(=O)O. The number of hydrogen-bond donors (Lipinski definition) is 2. The molecule has 1 heterocycles. The molecule has 1 aliphatic carbocycles. The van der Waals surface area contributed by atoms with Crippen LogP contribution in [0.5, 0.6) is 0 Å². The number of nitrogens with one attached hydrogen (secondary N) is 1. The number of carbonyl (C=O) groups is 1. The second-order valence-corrected chi connectivity index (χ2v) is 5.07. The highest BCUT2D eigenvalue weighted by Gasteiger charge is 2.36. The molecule has 0 bridgehead atoms. The van der Waals surface area contributed by atoms with Gasteiger partial charge in [0.25, 0.3) is 0 Å². The van der Waals surface area contributed by atoms with Gasteiger partial charge in [-0.05, 0) is 38.5 Å². The molecule has 1 aromatic rings. The van der Waals surface area contributed by atoms with Gasteiger partial charge >= 0.3 is 5.97 Å². The molecule has 1 aliphatic rings. The lowest BCUT2D eigenvalue weighted by atomic mass is 9.91. The van der Waals surface area contributed by atoms with E-state index in [1.165, 1.54) is 6.33 Å². The molecule has 0 radical (unpaired) electrons. The van der Waals surface area contributed by atoms with E-state index in [0.29, 0.717) is 18.7 Å². The molecule has 1 aromatic heterocycles. The van der Waals surface area contributed by atoms with Crippen molar-refractivity contribution in [2.75, 3.05) is 5.32 Å². The van der Waals surface area contributed by atoms with Gasteiger partial charge in [0.15, 0.2) is 0 Å². The Kier molecular flexibility index (Phi) is 4.02. The Bertz CT molecular complexity index is 470. The highest BCUT2D eigenvalue weighted by Crippen LogP contribution is 2.28. The molecule has 2 N–H and O–H groups in total. The number of aromatic nitrogens is 2. The maximum Gasteiger partial charge on any atom is 0.329 e. The number of aliphatic carboxylic acids is 1. The standard InChI is InChI=1S/C14H21N3O2/c1-3-14(4-2,13(18)19)17-12-10-7-5-6-8-11(10)15-9-16-12/h9H,3-8H2,1-2H3,(H,18,19)(H,15,16,17). The monoisotopic (exact) mass is 263 g/mol. The van der Waals surface area contributed by atoms with E-state index in [2.05, 4.69) is 15.3 Å². The van der Waals surface area contributed by atoms with Crippen LogP contribution in [0, 0.1) is 0 Å². The van der Waals surface area contributed by atoms with Crippen molar-refractivity contribution in [1.82, 2.24) is 9.97 Å². The summed E-state index contributed by atoms with van der Waals surface area (Å²) >= 11 is 0. The predicted octanol–water partition coefficient (Wildman–Crippen LogP) is 2.41. The summed E-state index contributed by atoms with van der Waals surface area (Å²) in [5, 5.41) is 12.7. The summed E-state index contributed by atoms with van der Waals surface area (Å²) in [4.78, 5) is 20.1. The van der Waals surface area contributed by atoms with Crippen molar-refractivity contribution >= 4 is 11.8 Å². The number of hydrogen-bond acceptors (Lipinski definition) is 4. The number of nitrogens with zero attached hydrogens (tertiary/aromatic N) is 2. The fourth-order valence-corrected chi connectivity index (χ4v) is 2.64. The Hall–Kier alpha value is -1.65. The predicted molar refractivity (Wildman–Crippen MR) is 73.2 cm³/mol. The lowest BCUT2D eigenvalue weighted by Gasteiger charge is -2.30. The molecule has 2 rings (SSSR count). The molecule has 0 aromatic carbocycles. The number of carboxylic acids is 1. The molecule has 19 heavy (non-hydrogen) atoms. The lowest BCUT2D eigenvalue weighted by Crippen LogP contribution is -2.45. The molecule has 0 spiro atoms. The van der Waals surface area contributed by atoms with Crippen LogP contribution in [0.1, 0.15) is 50.8 Å². The number of rotatable bonds is 5. The van der Waals surface area contributed by atoms with Gasteiger partial charge in [0.05, 0.1) is 0 Å². The first-order valence-corrected chi connectivity index (χ1v) is 6.97. The minimum Gasteiger partial charge on any atom is -0.480 e. The fourth-order valence-electron chi connectivity index (χ4n) is 2.64. The molecule has 0 amide bonds. The van der Waals surface area contributed by atoms with Crippen LogP contribution < -0.4 is 5.32 Å². The van der Waals surface area contributed by atoms with Crippen molar-refractivity contribution in [3.8, 4) is 0 Å². The number of aryl methyl sites for hydroxylation is 1. The van der Waals surface area contributed by atoms with E-state index in [1.807, 2.05) is 13.8 Å². The molecule has 5 nitrogen and oxygen atoms in total. The molecular weight excluding hydrogens is 242 g/mol. The second kappa shape index (κ2) is 5.55. The highest BCUT2D eigenvalue weighted by molar-refractivity contribution is 5.82. The zero-order valence-corrected chi connectivity index (χ0v) is 11.6. The molecule has 0 unspecified atom stereocenters. The van der Waals surface area contributed by atoms with Gasteiger partial charge in [0, 0.05) is 11.3 Å². The summed E-state index contributed by atoms with van der Waals surface area (Å²) in [5.74, 6) is -0.114. The average molecular weight is 263 g/mol. The first-order valence-electron chi connectivity index (χ1n) is 6.97. The third-order valence-electron chi connectivity index (χ3n) is 4.10. The van der Waals surface area contributed by atoms with E-state index < -0.39 is 11.5 Å². The normalized spacial score (nSPS) is 14.8. The van der Waals surface area contributed by atoms with Crippen molar-refractivity contribution in [1.29, 1.82) is 0 Å². The van der Waals surface area contributed by atoms with Gasteiger partial charge < -0.3 is 10.4 Å². The molecule has 0 saturated heterocycles. The quantitative estimate of drug-likeness (QED) is 0.853. The molecule has 0 atom stereocenters. The number of carboxylic acid groups (broad SMARTS) is 1. The van der Waals surface area contributed by atoms with Gasteiger partial charge in [-0.25, -0.2) is 14.8 Å². The van der Waals surface area contributed by atoms with Crippen LogP contribution in [-0.4, -0.2) is 26.6 Å². The Morgan fingerprint density at radius 2 is 2.00 bits per heavy atom. The van der Waals surface area contributed by atoms with Gasteiger partial charge in [-0.2, -0.15) is 0 Å². The second-order valence-electron chi connectivity index (χ2n) is 5.07. The van der Waals surface area contributed by atoms with Crippen LogP contribution in [-0.2, 0) is 17.6 Å². The van der Waals surface area contributed by atoms with E-state index in [-0.39, 0.29) is 0 Å². The Morgan fingerprint density at radius 3 is 2.63 bits per heavy atom. The molecule has 5 heteroatoms. The van der Waals surface area contributed by atoms with Gasteiger partial charge in [-0.1, -0.05) is 13.8 Å². The maximum absolute atomic E-state index is 11.6. The number of fused-ring (bicyclic) bond motifs is 1. The number of anilines is 1. The van der Waals surface area contributed by atoms with E-state index in [9.17, 15) is 9.90 Å². The van der Waals surface area contributed by atoms with Gasteiger partial charge in [-0.3, -0.25) is 0 Å². The summed E-state index contributed by atoms with van der Waals surface area (Å²) in [7, 11) is 0. The van der Waals surface area contributed by atoms with Crippen molar-refractivity contribution in [2.45, 2.75) is 57.9 Å². The molecular formula is C14H21N3O2. The van der Waals surface area contributed by atoms with Crippen LogP contribution in [0.2, 0.25) is 0 Å². The molecule has 0 fully saturated rings. The van der Waals surface area contributed by atoms with Gasteiger partial charge in [-0.15, -0.1) is 0 Å². The lowest BCUT2D eigenvalue weighted by molar-refractivity contribution is -0.142. The summed E-state index contributed by atoms with van der Waals surface area (Å²) < 4.78 is 0. The third kappa shape index (κ3) is 2.55. The molecule has 0 saturated carbocycles. The smallest absolute Gasteiger partial charge is 0.329 e. The van der Waals surface area contributed by atoms with Crippen molar-refractivity contribution in [2.24, 2.45) is 0 Å². The van der Waals surface area contributed by atoms with Crippen LogP contribution in [0.4, 0.5) is 5.82 Å². The van der Waals surface area contributed by atoms with Crippen LogP contribution in [0.15, 0.2) is 6.33 Å². The Morgan fingerprint density at radius 1 is 1.32 bits per heavy atom. The topological polar surface area (TPSA) is 75.1 Å². The molecule has 104 valence electrons. The minimum atomic E-state index is -0.931. The van der Waals surface area contributed by atoms with Crippen molar-refractivity contribution in [3.63, 3.8) is 0 Å². The summed E-state index contributed by atoms with van der Waals surface area (Å²) in [6.45, 7) is 3.77. The zero-order chi connectivity index (χ0) is 13.9. The van der Waals surface area contributed by atoms with E-state index >= 15 is 0 Å². The first kappa shape index (κ1) is 13.8. The maximum atomic E-state index is 11.6. The van der Waals surface area contributed by atoms with E-state index in [4.69, 9.17) is 0 Å². The van der Waals surface area contributed by atoms with Gasteiger partial charge in [0.2, 0.25) is 0 Å². The zero-order valence-electron chi connectivity index (χ0n) is 11.6. The van der Waals surface area contributed by atoms with Crippen LogP contribution >= 0.6 is 0 Å². The van der Waals surface area contributed by atoms with Crippen molar-refractivity contribution < 1.29 is 9.90 Å². The van der Waals surface area contributed by atoms with E-state index in [0.717, 1.165) is 36.9 Å². The molecule has 0 aliphatic heterocycles. The summed E-state index contributed by atoms with van der Waals surface area (Å²) in [5.41, 5.74) is 1.23. The Labute approximate surface area is 113 Å². The minimum absolute atomic E-state index is 0.525. The van der Waals surface area contributed by atoms with E-state index in [1.54, 1.807) is 0 Å². The Balaban J connectivity index is 2.34. The highest BCUT2D eigenvalue weighted by atomic mass is 16.4. The first-order chi connectivity index (χ1) is 9.13. The average Bonchev–Trinajstić information content (AvgIpc) is 2.44. The van der Waals surface area contributed by atoms with Crippen LogP contribution in [0.25, 0.3) is 0 Å². The summed E-state index contributed by atoms with van der Waals surface area (Å²) in [6.07, 6.45) is 6.74. The third-order valence-corrected chi connectivity index (χ3v) is 4.10. The van der Waals surface area contributed by atoms with Gasteiger partial charge in [0.1, 0.15) is 17.7 Å². The van der Waals surface area contributed by atoms with Crippen LogP contribution in [0.3, 0.4) is 0 Å². The largest absolute Gasteiger partial charge is 0.480 e. The fraction of sp³-hybridized carbons (Fsp3) is 0.643. The van der Waals surface area contributed by atoms with Crippen molar-refractivity contribution in [3.05, 3.63) is 17.6 Å². The summed E-state index contributed by atoms with van der Waals surface area (Å²) in [6, 6.07) is 0.